The maximum Gasteiger partial charge on any atom is 0.326 e. The monoisotopic (exact) mass is 351 g/mol. The van der Waals surface area contributed by atoms with Crippen LogP contribution in [-0.2, 0) is 16.6 Å². The molecule has 2 aromatic rings. The van der Waals surface area contributed by atoms with Crippen LogP contribution in [0.25, 0.3) is 10.2 Å². The van der Waals surface area contributed by atoms with E-state index in [2.05, 4.69) is 18.9 Å². The maximum absolute atomic E-state index is 12.9. The third-order valence-electron chi connectivity index (χ3n) is 4.44. The summed E-state index contributed by atoms with van der Waals surface area (Å²) in [5, 5.41) is 14.9. The van der Waals surface area contributed by atoms with Gasteiger partial charge in [-0.05, 0) is 12.0 Å². The standard InChI is InChI=1S/C16H21N3O4S/c1-8(2)13-10-6-12(24-15(10)18(3)17-13)14(20)19-7-9(23-4)5-11(19)16(21)22/h6,8-9,11H,5,7H2,1-4H3,(H,21,22). The number of aromatic nitrogens is 2. The lowest BCUT2D eigenvalue weighted by molar-refractivity contribution is -0.141. The molecule has 1 aliphatic heterocycles. The van der Waals surface area contributed by atoms with E-state index in [1.807, 2.05) is 13.1 Å². The van der Waals surface area contributed by atoms with Crippen molar-refractivity contribution in [1.82, 2.24) is 14.7 Å². The number of hydrogen-bond donors (Lipinski definition) is 1. The molecule has 3 rings (SSSR count). The first-order chi connectivity index (χ1) is 11.3. The topological polar surface area (TPSA) is 84.7 Å². The number of fused-ring (bicyclic) bond motifs is 1. The molecule has 3 heterocycles. The van der Waals surface area contributed by atoms with Crippen molar-refractivity contribution < 1.29 is 19.4 Å². The van der Waals surface area contributed by atoms with Crippen LogP contribution in [0.15, 0.2) is 6.07 Å². The smallest absolute Gasteiger partial charge is 0.326 e. The molecule has 0 saturated carbocycles. The number of aliphatic carboxylic acids is 1. The Balaban J connectivity index is 1.96. The zero-order chi connectivity index (χ0) is 17.6. The van der Waals surface area contributed by atoms with Crippen molar-refractivity contribution in [2.45, 2.75) is 38.3 Å². The molecule has 0 spiro atoms. The summed E-state index contributed by atoms with van der Waals surface area (Å²) in [5.41, 5.74) is 0.953. The number of methoxy groups -OCH3 is 1. The molecule has 2 unspecified atom stereocenters. The summed E-state index contributed by atoms with van der Waals surface area (Å²) in [6, 6.07) is 0.999. The molecule has 2 aromatic heterocycles. The van der Waals surface area contributed by atoms with Crippen molar-refractivity contribution in [3.63, 3.8) is 0 Å². The molecule has 1 fully saturated rings. The Morgan fingerprint density at radius 3 is 2.75 bits per heavy atom. The molecule has 1 N–H and O–H groups in total. The molecule has 0 radical (unpaired) electrons. The number of carbonyl (C=O) groups is 2. The van der Waals surface area contributed by atoms with Crippen molar-refractivity contribution in [2.24, 2.45) is 7.05 Å². The zero-order valence-electron chi connectivity index (χ0n) is 14.1. The number of thiophene rings is 1. The van der Waals surface area contributed by atoms with Gasteiger partial charge in [-0.3, -0.25) is 9.48 Å². The summed E-state index contributed by atoms with van der Waals surface area (Å²) in [6.45, 7) is 4.42. The normalized spacial score (nSPS) is 21.1. The van der Waals surface area contributed by atoms with Gasteiger partial charge in [-0.25, -0.2) is 4.79 Å². The van der Waals surface area contributed by atoms with E-state index in [0.29, 0.717) is 17.8 Å². The van der Waals surface area contributed by atoms with Crippen LogP contribution in [0.1, 0.15) is 41.6 Å². The highest BCUT2D eigenvalue weighted by molar-refractivity contribution is 7.20. The van der Waals surface area contributed by atoms with E-state index in [0.717, 1.165) is 15.9 Å². The van der Waals surface area contributed by atoms with Gasteiger partial charge in [-0.15, -0.1) is 11.3 Å². The van der Waals surface area contributed by atoms with Crippen LogP contribution in [0.3, 0.4) is 0 Å². The van der Waals surface area contributed by atoms with Gasteiger partial charge in [-0.1, -0.05) is 13.8 Å². The highest BCUT2D eigenvalue weighted by Crippen LogP contribution is 2.33. The SMILES string of the molecule is COC1CC(C(=O)O)N(C(=O)c2cc3c(C(C)C)nn(C)c3s2)C1. The Bertz CT molecular complexity index is 795. The lowest BCUT2D eigenvalue weighted by atomic mass is 10.1. The van der Waals surface area contributed by atoms with E-state index in [1.165, 1.54) is 23.3 Å². The van der Waals surface area contributed by atoms with E-state index in [4.69, 9.17) is 4.74 Å². The average Bonchev–Trinajstić information content (AvgIpc) is 3.20. The Hall–Kier alpha value is -1.93. The molecule has 0 bridgehead atoms. The van der Waals surface area contributed by atoms with Gasteiger partial charge in [0.1, 0.15) is 10.9 Å². The van der Waals surface area contributed by atoms with Crippen molar-refractivity contribution in [3.05, 3.63) is 16.6 Å². The highest BCUT2D eigenvalue weighted by atomic mass is 32.1. The van der Waals surface area contributed by atoms with Crippen LogP contribution in [0, 0.1) is 0 Å². The second-order valence-corrected chi connectivity index (χ2v) is 7.43. The van der Waals surface area contributed by atoms with E-state index in [-0.39, 0.29) is 17.9 Å². The highest BCUT2D eigenvalue weighted by Gasteiger charge is 2.40. The zero-order valence-corrected chi connectivity index (χ0v) is 15.0. The predicted octanol–water partition coefficient (Wildman–Crippen LogP) is 2.07. The Morgan fingerprint density at radius 2 is 2.17 bits per heavy atom. The number of carbonyl (C=O) groups excluding carboxylic acids is 1. The van der Waals surface area contributed by atoms with Gasteiger partial charge >= 0.3 is 5.97 Å². The maximum atomic E-state index is 12.9. The molecule has 130 valence electrons. The molecule has 1 aliphatic rings. The third kappa shape index (κ3) is 2.69. The lowest BCUT2D eigenvalue weighted by Crippen LogP contribution is -2.40. The molecule has 1 amide bonds. The number of aryl methyl sites for hydroxylation is 1. The minimum atomic E-state index is -0.992. The predicted molar refractivity (Wildman–Crippen MR) is 90.6 cm³/mol. The minimum absolute atomic E-state index is 0.239. The fourth-order valence-electron chi connectivity index (χ4n) is 3.17. The average molecular weight is 351 g/mol. The lowest BCUT2D eigenvalue weighted by Gasteiger charge is -2.20. The number of carboxylic acid groups (broad SMARTS) is 1. The van der Waals surface area contributed by atoms with Gasteiger partial charge in [-0.2, -0.15) is 5.10 Å². The molecule has 7 nitrogen and oxygen atoms in total. The second kappa shape index (κ2) is 6.18. The summed E-state index contributed by atoms with van der Waals surface area (Å²) in [6.07, 6.45) is 0.0821. The summed E-state index contributed by atoms with van der Waals surface area (Å²) in [5.74, 6) is -0.992. The van der Waals surface area contributed by atoms with Gasteiger partial charge in [0, 0.05) is 32.5 Å². The third-order valence-corrected chi connectivity index (χ3v) is 5.63. The van der Waals surface area contributed by atoms with Gasteiger partial charge < -0.3 is 14.7 Å². The number of nitrogens with zero attached hydrogens (tertiary/aromatic N) is 3. The van der Waals surface area contributed by atoms with E-state index >= 15 is 0 Å². The molecular formula is C16H21N3O4S. The Morgan fingerprint density at radius 1 is 1.46 bits per heavy atom. The molecule has 0 aromatic carbocycles. The number of likely N-dealkylation sites (tertiary alicyclic amines) is 1. The summed E-state index contributed by atoms with van der Waals surface area (Å²) in [7, 11) is 3.40. The fourth-order valence-corrected chi connectivity index (χ4v) is 4.20. The number of amides is 1. The van der Waals surface area contributed by atoms with E-state index in [1.54, 1.807) is 4.68 Å². The molecule has 2 atom stereocenters. The van der Waals surface area contributed by atoms with Crippen LogP contribution in [0.2, 0.25) is 0 Å². The molecule has 0 aliphatic carbocycles. The van der Waals surface area contributed by atoms with Crippen LogP contribution in [0.5, 0.6) is 0 Å². The second-order valence-electron chi connectivity index (χ2n) is 6.40. The van der Waals surface area contributed by atoms with Gasteiger partial charge in [0.2, 0.25) is 0 Å². The van der Waals surface area contributed by atoms with Gasteiger partial charge in [0.25, 0.3) is 5.91 Å². The van der Waals surface area contributed by atoms with Crippen LogP contribution in [-0.4, -0.2) is 57.5 Å². The van der Waals surface area contributed by atoms with Crippen LogP contribution >= 0.6 is 11.3 Å². The largest absolute Gasteiger partial charge is 0.480 e. The Labute approximate surface area is 143 Å². The molecular weight excluding hydrogens is 330 g/mol. The van der Waals surface area contributed by atoms with Crippen molar-refractivity contribution in [3.8, 4) is 0 Å². The number of carboxylic acids is 1. The number of hydrogen-bond acceptors (Lipinski definition) is 5. The summed E-state index contributed by atoms with van der Waals surface area (Å²) in [4.78, 5) is 27.2. The van der Waals surface area contributed by atoms with Crippen molar-refractivity contribution in [2.75, 3.05) is 13.7 Å². The first-order valence-electron chi connectivity index (χ1n) is 7.86. The first-order valence-corrected chi connectivity index (χ1v) is 8.68. The van der Waals surface area contributed by atoms with Crippen LogP contribution < -0.4 is 0 Å². The molecule has 1 saturated heterocycles. The Kier molecular flexibility index (Phi) is 4.35. The van der Waals surface area contributed by atoms with Gasteiger partial charge in [0.15, 0.2) is 0 Å². The minimum Gasteiger partial charge on any atom is -0.480 e. The quantitative estimate of drug-likeness (QED) is 0.911. The van der Waals surface area contributed by atoms with Crippen molar-refractivity contribution in [1.29, 1.82) is 0 Å². The molecule has 24 heavy (non-hydrogen) atoms. The number of ether oxygens (including phenoxy) is 1. The van der Waals surface area contributed by atoms with Gasteiger partial charge in [0.05, 0.1) is 16.7 Å². The number of rotatable bonds is 4. The summed E-state index contributed by atoms with van der Waals surface area (Å²) < 4.78 is 7.03. The van der Waals surface area contributed by atoms with Crippen LogP contribution in [0.4, 0.5) is 0 Å². The van der Waals surface area contributed by atoms with Crippen molar-refractivity contribution >= 4 is 33.4 Å². The van der Waals surface area contributed by atoms with E-state index < -0.39 is 12.0 Å². The fraction of sp³-hybridized carbons (Fsp3) is 0.562. The first kappa shape index (κ1) is 16.9. The molecule has 8 heteroatoms. The van der Waals surface area contributed by atoms with E-state index in [9.17, 15) is 14.7 Å². The summed E-state index contributed by atoms with van der Waals surface area (Å²) >= 11 is 1.36.